The molecule has 25 heavy (non-hydrogen) atoms. The summed E-state index contributed by atoms with van der Waals surface area (Å²) in [7, 11) is 0. The van der Waals surface area contributed by atoms with Crippen LogP contribution in [-0.4, -0.2) is 61.0 Å². The first-order valence-electron chi connectivity index (χ1n) is 9.25. The van der Waals surface area contributed by atoms with E-state index in [0.717, 1.165) is 19.5 Å². The predicted octanol–water partition coefficient (Wildman–Crippen LogP) is 2.26. The topological polar surface area (TPSA) is 49.9 Å². The fourth-order valence-corrected chi connectivity index (χ4v) is 3.87. The maximum absolute atomic E-state index is 12.5. The zero-order chi connectivity index (χ0) is 17.8. The number of hydrogen-bond acceptors (Lipinski definition) is 3. The van der Waals surface area contributed by atoms with Gasteiger partial charge >= 0.3 is 0 Å². The molecule has 5 heteroatoms. The number of carbonyl (C=O) groups excluding carboxylic acids is 2. The first-order valence-corrected chi connectivity index (χ1v) is 9.25. The molecular formula is C20H28N2O3. The maximum atomic E-state index is 12.5. The highest BCUT2D eigenvalue weighted by Crippen LogP contribution is 2.30. The monoisotopic (exact) mass is 344 g/mol. The molecule has 2 aliphatic heterocycles. The second-order valence-electron chi connectivity index (χ2n) is 7.18. The van der Waals surface area contributed by atoms with Crippen molar-refractivity contribution in [3.63, 3.8) is 0 Å². The molecule has 0 bridgehead atoms. The Hall–Kier alpha value is -1.88. The molecule has 2 fully saturated rings. The first-order chi connectivity index (χ1) is 12.0. The largest absolute Gasteiger partial charge is 0.378 e. The van der Waals surface area contributed by atoms with Crippen LogP contribution in [0.1, 0.15) is 41.9 Å². The van der Waals surface area contributed by atoms with E-state index in [0.29, 0.717) is 45.1 Å². The summed E-state index contributed by atoms with van der Waals surface area (Å²) in [6.45, 7) is 8.31. The Kier molecular flexibility index (Phi) is 5.74. The molecule has 3 rings (SSSR count). The lowest BCUT2D eigenvalue weighted by Gasteiger charge is -2.27. The average molecular weight is 344 g/mol. The van der Waals surface area contributed by atoms with E-state index in [9.17, 15) is 9.59 Å². The van der Waals surface area contributed by atoms with Crippen molar-refractivity contribution in [3.05, 3.63) is 34.9 Å². The van der Waals surface area contributed by atoms with Gasteiger partial charge in [0.15, 0.2) is 0 Å². The highest BCUT2D eigenvalue weighted by Gasteiger charge is 2.28. The van der Waals surface area contributed by atoms with Gasteiger partial charge in [0.2, 0.25) is 11.8 Å². The first kappa shape index (κ1) is 17.9. The summed E-state index contributed by atoms with van der Waals surface area (Å²) in [6.07, 6.45) is 1.63. The van der Waals surface area contributed by atoms with Crippen molar-refractivity contribution in [2.75, 3.05) is 39.4 Å². The zero-order valence-corrected chi connectivity index (χ0v) is 15.3. The molecule has 2 saturated heterocycles. The second kappa shape index (κ2) is 8.00. The van der Waals surface area contributed by atoms with Gasteiger partial charge in [-0.2, -0.15) is 0 Å². The van der Waals surface area contributed by atoms with Gasteiger partial charge in [-0.05, 0) is 31.4 Å². The van der Waals surface area contributed by atoms with Gasteiger partial charge < -0.3 is 14.5 Å². The molecule has 0 saturated carbocycles. The van der Waals surface area contributed by atoms with Crippen LogP contribution in [-0.2, 0) is 14.3 Å². The Bertz CT molecular complexity index is 638. The smallest absolute Gasteiger partial charge is 0.223 e. The summed E-state index contributed by atoms with van der Waals surface area (Å²) in [4.78, 5) is 28.4. The summed E-state index contributed by atoms with van der Waals surface area (Å²) in [5, 5.41) is 0. The molecule has 0 unspecified atom stereocenters. The number of ether oxygens (including phenoxy) is 1. The fraction of sp³-hybridized carbons (Fsp3) is 0.600. The van der Waals surface area contributed by atoms with Gasteiger partial charge in [-0.25, -0.2) is 0 Å². The summed E-state index contributed by atoms with van der Waals surface area (Å²) in [6, 6.07) is 6.56. The number of benzene rings is 1. The normalized spacial score (nSPS) is 20.8. The van der Waals surface area contributed by atoms with E-state index in [1.54, 1.807) is 4.90 Å². The van der Waals surface area contributed by atoms with E-state index in [1.165, 1.54) is 16.7 Å². The molecule has 0 aliphatic carbocycles. The molecule has 136 valence electrons. The number of likely N-dealkylation sites (tertiary alicyclic amines) is 1. The minimum atomic E-state index is 0.0711. The number of rotatable bonds is 4. The number of carbonyl (C=O) groups is 2. The summed E-state index contributed by atoms with van der Waals surface area (Å²) >= 11 is 0. The lowest BCUT2D eigenvalue weighted by Crippen LogP contribution is -2.41. The van der Waals surface area contributed by atoms with Crippen molar-refractivity contribution in [2.45, 2.75) is 39.0 Å². The molecule has 0 aromatic heterocycles. The molecule has 5 nitrogen and oxygen atoms in total. The molecule has 2 heterocycles. The van der Waals surface area contributed by atoms with Crippen molar-refractivity contribution in [3.8, 4) is 0 Å². The summed E-state index contributed by atoms with van der Waals surface area (Å²) in [5.74, 6) is 0.593. The van der Waals surface area contributed by atoms with E-state index >= 15 is 0 Å². The Morgan fingerprint density at radius 1 is 1.04 bits per heavy atom. The van der Waals surface area contributed by atoms with Crippen LogP contribution < -0.4 is 0 Å². The van der Waals surface area contributed by atoms with Gasteiger partial charge in [0.25, 0.3) is 0 Å². The van der Waals surface area contributed by atoms with Gasteiger partial charge in [-0.3, -0.25) is 9.59 Å². The van der Waals surface area contributed by atoms with Crippen LogP contribution in [0, 0.1) is 13.8 Å². The quantitative estimate of drug-likeness (QED) is 0.842. The van der Waals surface area contributed by atoms with Crippen molar-refractivity contribution in [1.82, 2.24) is 9.80 Å². The highest BCUT2D eigenvalue weighted by atomic mass is 16.5. The molecule has 0 N–H and O–H groups in total. The summed E-state index contributed by atoms with van der Waals surface area (Å²) in [5.41, 5.74) is 3.93. The van der Waals surface area contributed by atoms with Gasteiger partial charge in [-0.1, -0.05) is 23.8 Å². The number of nitrogens with zero attached hydrogens (tertiary/aromatic N) is 2. The van der Waals surface area contributed by atoms with Crippen LogP contribution in [0.5, 0.6) is 0 Å². The van der Waals surface area contributed by atoms with E-state index in [1.807, 2.05) is 4.90 Å². The number of morpholine rings is 1. The molecule has 0 radical (unpaired) electrons. The van der Waals surface area contributed by atoms with Crippen molar-refractivity contribution < 1.29 is 14.3 Å². The minimum Gasteiger partial charge on any atom is -0.378 e. The molecule has 1 aromatic carbocycles. The highest BCUT2D eigenvalue weighted by molar-refractivity contribution is 5.84. The van der Waals surface area contributed by atoms with E-state index < -0.39 is 0 Å². The Labute approximate surface area is 149 Å². The fourth-order valence-electron chi connectivity index (χ4n) is 3.87. The van der Waals surface area contributed by atoms with Crippen molar-refractivity contribution >= 4 is 11.8 Å². The maximum Gasteiger partial charge on any atom is 0.223 e. The Morgan fingerprint density at radius 2 is 1.72 bits per heavy atom. The molecule has 2 aliphatic rings. The average Bonchev–Trinajstić information content (AvgIpc) is 3.10. The predicted molar refractivity (Wildman–Crippen MR) is 96.5 cm³/mol. The molecule has 2 amide bonds. The van der Waals surface area contributed by atoms with E-state index in [4.69, 9.17) is 4.74 Å². The third-order valence-corrected chi connectivity index (χ3v) is 5.32. The summed E-state index contributed by atoms with van der Waals surface area (Å²) < 4.78 is 5.26. The van der Waals surface area contributed by atoms with Gasteiger partial charge in [0.1, 0.15) is 0 Å². The molecule has 0 spiro atoms. The third-order valence-electron chi connectivity index (χ3n) is 5.32. The van der Waals surface area contributed by atoms with Crippen LogP contribution in [0.15, 0.2) is 18.2 Å². The molecular weight excluding hydrogens is 316 g/mol. The second-order valence-corrected chi connectivity index (χ2v) is 7.18. The molecule has 1 atom stereocenters. The minimum absolute atomic E-state index is 0.0711. The number of amides is 2. The van der Waals surface area contributed by atoms with Crippen molar-refractivity contribution in [1.29, 1.82) is 0 Å². The molecule has 1 aromatic rings. The third kappa shape index (κ3) is 4.40. The van der Waals surface area contributed by atoms with Crippen LogP contribution in [0.25, 0.3) is 0 Å². The van der Waals surface area contributed by atoms with Gasteiger partial charge in [-0.15, -0.1) is 0 Å². The van der Waals surface area contributed by atoms with Gasteiger partial charge in [0, 0.05) is 44.9 Å². The van der Waals surface area contributed by atoms with Crippen LogP contribution >= 0.6 is 0 Å². The van der Waals surface area contributed by atoms with Crippen LogP contribution in [0.3, 0.4) is 0 Å². The van der Waals surface area contributed by atoms with E-state index in [-0.39, 0.29) is 11.8 Å². The standard InChI is InChI=1S/C20H28N2O3/c1-15-3-4-18(16(2)13-15)17-7-8-22(14-17)20(24)6-5-19(23)21-9-11-25-12-10-21/h3-4,13,17H,5-12,14H2,1-2H3/t17-/m1/s1. The number of hydrogen-bond donors (Lipinski definition) is 0. The Morgan fingerprint density at radius 3 is 2.40 bits per heavy atom. The van der Waals surface area contributed by atoms with Crippen molar-refractivity contribution in [2.24, 2.45) is 0 Å². The van der Waals surface area contributed by atoms with Gasteiger partial charge in [0.05, 0.1) is 13.2 Å². The van der Waals surface area contributed by atoms with Crippen LogP contribution in [0.4, 0.5) is 0 Å². The SMILES string of the molecule is Cc1ccc([C@@H]2CCN(C(=O)CCC(=O)N3CCOCC3)C2)c(C)c1. The Balaban J connectivity index is 1.49. The van der Waals surface area contributed by atoms with E-state index in [2.05, 4.69) is 32.0 Å². The number of aryl methyl sites for hydroxylation is 2. The van der Waals surface area contributed by atoms with Crippen LogP contribution in [0.2, 0.25) is 0 Å². The zero-order valence-electron chi connectivity index (χ0n) is 15.3. The lowest BCUT2D eigenvalue weighted by atomic mass is 9.93. The lowest BCUT2D eigenvalue weighted by molar-refractivity contribution is -0.139.